The average molecular weight is 335 g/mol. The Hall–Kier alpha value is -2.49. The lowest BCUT2D eigenvalue weighted by molar-refractivity contribution is 0.209. The number of nitrogens with two attached hydrogens (primary N) is 1. The Morgan fingerprint density at radius 3 is 2.64 bits per heavy atom. The van der Waals surface area contributed by atoms with Crippen LogP contribution in [0.15, 0.2) is 59.6 Å². The van der Waals surface area contributed by atoms with Gasteiger partial charge in [0, 0.05) is 18.0 Å². The minimum atomic E-state index is 0.0815. The molecule has 0 amide bonds. The highest BCUT2D eigenvalue weighted by Gasteiger charge is 2.41. The van der Waals surface area contributed by atoms with E-state index < -0.39 is 0 Å². The number of hydrogen-bond acceptors (Lipinski definition) is 2. The van der Waals surface area contributed by atoms with Crippen LogP contribution in [0.1, 0.15) is 43.4 Å². The molecule has 2 aromatic carbocycles. The third-order valence-corrected chi connectivity index (χ3v) is 5.44. The van der Waals surface area contributed by atoms with E-state index in [2.05, 4.69) is 48.6 Å². The van der Waals surface area contributed by atoms with Crippen molar-refractivity contribution in [2.75, 3.05) is 6.61 Å². The number of nitrogens with zero attached hydrogens (tertiary/aromatic N) is 1. The minimum Gasteiger partial charge on any atom is -0.493 e. The van der Waals surface area contributed by atoms with Gasteiger partial charge in [-0.2, -0.15) is 0 Å². The maximum atomic E-state index is 6.20. The van der Waals surface area contributed by atoms with Crippen LogP contribution in [0.2, 0.25) is 0 Å². The Morgan fingerprint density at radius 2 is 1.84 bits per heavy atom. The van der Waals surface area contributed by atoms with Crippen LogP contribution in [0.3, 0.4) is 0 Å². The standard InChI is InChI=1S/C21H25N3O/c1-21(15-7-3-2-4-8-15)13-16(14-21)23-20(22)24-18-11-12-25-19-10-6-5-9-17(18)19/h2-10,16,18H,11-14H2,1H3,(H3,22,23,24). The second-order valence-electron chi connectivity index (χ2n) is 7.38. The molecule has 1 saturated carbocycles. The number of para-hydroxylation sites is 1. The number of aliphatic imine (C=N–C) groups is 1. The molecule has 4 heteroatoms. The Balaban J connectivity index is 1.39. The van der Waals surface area contributed by atoms with Crippen LogP contribution in [0.4, 0.5) is 0 Å². The SMILES string of the molecule is CC1(c2ccccc2)CC(NC(N)=NC2CCOc3ccccc32)C1. The molecule has 0 aromatic heterocycles. The number of ether oxygens (including phenoxy) is 1. The van der Waals surface area contributed by atoms with E-state index in [9.17, 15) is 0 Å². The molecule has 4 nitrogen and oxygen atoms in total. The Bertz CT molecular complexity index is 766. The monoisotopic (exact) mass is 335 g/mol. The molecule has 2 aromatic rings. The van der Waals surface area contributed by atoms with Crippen molar-refractivity contribution in [1.29, 1.82) is 0 Å². The highest BCUT2D eigenvalue weighted by atomic mass is 16.5. The Kier molecular flexibility index (Phi) is 4.12. The summed E-state index contributed by atoms with van der Waals surface area (Å²) in [6, 6.07) is 19.3. The molecule has 0 spiro atoms. The molecular weight excluding hydrogens is 310 g/mol. The number of hydrogen-bond donors (Lipinski definition) is 2. The van der Waals surface area contributed by atoms with Gasteiger partial charge in [-0.3, -0.25) is 0 Å². The summed E-state index contributed by atoms with van der Waals surface area (Å²) >= 11 is 0. The summed E-state index contributed by atoms with van der Waals surface area (Å²) in [6.45, 7) is 3.01. The fourth-order valence-electron chi connectivity index (χ4n) is 4.08. The smallest absolute Gasteiger partial charge is 0.189 e. The second-order valence-corrected chi connectivity index (χ2v) is 7.38. The van der Waals surface area contributed by atoms with Crippen molar-refractivity contribution in [2.24, 2.45) is 10.7 Å². The average Bonchev–Trinajstić information content (AvgIpc) is 2.61. The first-order valence-corrected chi connectivity index (χ1v) is 9.01. The van der Waals surface area contributed by atoms with E-state index in [-0.39, 0.29) is 11.5 Å². The fourth-order valence-corrected chi connectivity index (χ4v) is 4.08. The Morgan fingerprint density at radius 1 is 1.12 bits per heavy atom. The van der Waals surface area contributed by atoms with Crippen molar-refractivity contribution in [1.82, 2.24) is 5.32 Å². The van der Waals surface area contributed by atoms with E-state index in [0.717, 1.165) is 30.6 Å². The zero-order chi connectivity index (χ0) is 17.3. The third-order valence-electron chi connectivity index (χ3n) is 5.44. The largest absolute Gasteiger partial charge is 0.493 e. The van der Waals surface area contributed by atoms with Gasteiger partial charge in [0.1, 0.15) is 5.75 Å². The van der Waals surface area contributed by atoms with Crippen LogP contribution >= 0.6 is 0 Å². The number of guanidine groups is 1. The lowest BCUT2D eigenvalue weighted by atomic mass is 9.63. The topological polar surface area (TPSA) is 59.6 Å². The van der Waals surface area contributed by atoms with Crippen LogP contribution in [-0.4, -0.2) is 18.6 Å². The van der Waals surface area contributed by atoms with Gasteiger partial charge < -0.3 is 15.8 Å². The van der Waals surface area contributed by atoms with Gasteiger partial charge in [-0.05, 0) is 29.9 Å². The number of nitrogens with one attached hydrogen (secondary N) is 1. The molecule has 1 aliphatic heterocycles. The molecule has 0 bridgehead atoms. The van der Waals surface area contributed by atoms with Crippen LogP contribution in [0.25, 0.3) is 0 Å². The van der Waals surface area contributed by atoms with Gasteiger partial charge in [-0.1, -0.05) is 55.5 Å². The van der Waals surface area contributed by atoms with Crippen molar-refractivity contribution >= 4 is 5.96 Å². The maximum Gasteiger partial charge on any atom is 0.189 e. The lowest BCUT2D eigenvalue weighted by Crippen LogP contribution is -2.53. The predicted octanol–water partition coefficient (Wildman–Crippen LogP) is 3.53. The molecule has 4 rings (SSSR count). The molecule has 0 radical (unpaired) electrons. The summed E-state index contributed by atoms with van der Waals surface area (Å²) in [6.07, 6.45) is 3.03. The zero-order valence-corrected chi connectivity index (χ0v) is 14.6. The summed E-state index contributed by atoms with van der Waals surface area (Å²) in [7, 11) is 0. The molecule has 2 aliphatic rings. The molecule has 1 atom stereocenters. The van der Waals surface area contributed by atoms with Gasteiger partial charge in [-0.25, -0.2) is 4.99 Å². The Labute approximate surface area is 149 Å². The summed E-state index contributed by atoms with van der Waals surface area (Å²) in [5.74, 6) is 1.47. The molecular formula is C21H25N3O. The molecule has 0 saturated heterocycles. The van der Waals surface area contributed by atoms with E-state index >= 15 is 0 Å². The van der Waals surface area contributed by atoms with Gasteiger partial charge in [0.25, 0.3) is 0 Å². The van der Waals surface area contributed by atoms with E-state index in [4.69, 9.17) is 15.5 Å². The van der Waals surface area contributed by atoms with E-state index in [0.29, 0.717) is 18.6 Å². The third kappa shape index (κ3) is 3.21. The molecule has 3 N–H and O–H groups in total. The van der Waals surface area contributed by atoms with Crippen molar-refractivity contribution < 1.29 is 4.74 Å². The first-order valence-electron chi connectivity index (χ1n) is 9.01. The van der Waals surface area contributed by atoms with E-state index in [1.54, 1.807) is 0 Å². The van der Waals surface area contributed by atoms with Crippen molar-refractivity contribution in [3.63, 3.8) is 0 Å². The minimum absolute atomic E-state index is 0.0815. The summed E-state index contributed by atoms with van der Waals surface area (Å²) in [5, 5.41) is 3.41. The number of benzene rings is 2. The number of rotatable bonds is 3. The van der Waals surface area contributed by atoms with Crippen molar-refractivity contribution in [3.05, 3.63) is 65.7 Å². The van der Waals surface area contributed by atoms with Crippen LogP contribution < -0.4 is 15.8 Å². The molecule has 1 fully saturated rings. The molecule has 1 heterocycles. The van der Waals surface area contributed by atoms with E-state index in [1.165, 1.54) is 5.56 Å². The van der Waals surface area contributed by atoms with Gasteiger partial charge in [0.05, 0.1) is 12.6 Å². The van der Waals surface area contributed by atoms with Crippen LogP contribution in [-0.2, 0) is 5.41 Å². The number of fused-ring (bicyclic) bond motifs is 1. The normalized spacial score (nSPS) is 28.4. The molecule has 1 aliphatic carbocycles. The fraction of sp³-hybridized carbons (Fsp3) is 0.381. The van der Waals surface area contributed by atoms with E-state index in [1.807, 2.05) is 18.2 Å². The van der Waals surface area contributed by atoms with Gasteiger partial charge in [0.15, 0.2) is 5.96 Å². The molecule has 130 valence electrons. The summed E-state index contributed by atoms with van der Waals surface area (Å²) < 4.78 is 5.69. The predicted molar refractivity (Wildman–Crippen MR) is 101 cm³/mol. The zero-order valence-electron chi connectivity index (χ0n) is 14.6. The van der Waals surface area contributed by atoms with Crippen LogP contribution in [0, 0.1) is 0 Å². The second kappa shape index (κ2) is 6.43. The van der Waals surface area contributed by atoms with Crippen molar-refractivity contribution in [2.45, 2.75) is 43.7 Å². The molecule has 25 heavy (non-hydrogen) atoms. The van der Waals surface area contributed by atoms with Crippen LogP contribution in [0.5, 0.6) is 5.75 Å². The maximum absolute atomic E-state index is 6.20. The molecule has 1 unspecified atom stereocenters. The first kappa shape index (κ1) is 16.0. The van der Waals surface area contributed by atoms with Gasteiger partial charge in [-0.15, -0.1) is 0 Å². The highest BCUT2D eigenvalue weighted by Crippen LogP contribution is 2.43. The van der Waals surface area contributed by atoms with Gasteiger partial charge in [0.2, 0.25) is 0 Å². The first-order chi connectivity index (χ1) is 12.1. The summed E-state index contributed by atoms with van der Waals surface area (Å²) in [4.78, 5) is 4.72. The highest BCUT2D eigenvalue weighted by molar-refractivity contribution is 5.78. The van der Waals surface area contributed by atoms with Crippen molar-refractivity contribution in [3.8, 4) is 5.75 Å². The van der Waals surface area contributed by atoms with Gasteiger partial charge >= 0.3 is 0 Å². The summed E-state index contributed by atoms with van der Waals surface area (Å²) in [5.41, 5.74) is 8.97. The lowest BCUT2D eigenvalue weighted by Gasteiger charge is -2.46. The quantitative estimate of drug-likeness (QED) is 0.666.